The Morgan fingerprint density at radius 2 is 2.06 bits per heavy atom. The number of benzene rings is 1. The third-order valence-electron chi connectivity index (χ3n) is 3.62. The molecule has 2 aromatic rings. The molecular formula is C16H22N2. The second kappa shape index (κ2) is 5.96. The van der Waals surface area contributed by atoms with Gasteiger partial charge in [0.1, 0.15) is 0 Å². The minimum atomic E-state index is 0.0913. The molecule has 0 aliphatic rings. The standard InChI is InChI=1S/C16H22N2/c1-3-4-7-12(2)16(17)14-10-13-8-5-6-9-15(13)18-11-14/h5-6,8-12,16H,3-4,7,17H2,1-2H3. The van der Waals surface area contributed by atoms with Crippen LogP contribution in [0.2, 0.25) is 0 Å². The second-order valence-electron chi connectivity index (χ2n) is 5.11. The number of rotatable bonds is 5. The first-order valence-corrected chi connectivity index (χ1v) is 6.82. The first-order chi connectivity index (χ1) is 8.72. The smallest absolute Gasteiger partial charge is 0.0702 e. The van der Waals surface area contributed by atoms with Crippen molar-refractivity contribution in [3.63, 3.8) is 0 Å². The van der Waals surface area contributed by atoms with Gasteiger partial charge < -0.3 is 5.73 Å². The fourth-order valence-electron chi connectivity index (χ4n) is 2.30. The molecule has 0 spiro atoms. The van der Waals surface area contributed by atoms with Gasteiger partial charge in [-0.05, 0) is 30.0 Å². The first-order valence-electron chi connectivity index (χ1n) is 6.82. The van der Waals surface area contributed by atoms with E-state index in [0.717, 1.165) is 11.1 Å². The molecule has 1 aromatic heterocycles. The third-order valence-corrected chi connectivity index (χ3v) is 3.62. The summed E-state index contributed by atoms with van der Waals surface area (Å²) in [6, 6.07) is 10.4. The summed E-state index contributed by atoms with van der Waals surface area (Å²) in [5.74, 6) is 0.507. The molecule has 2 heteroatoms. The predicted molar refractivity (Wildman–Crippen MR) is 77.4 cm³/mol. The molecule has 0 aliphatic heterocycles. The van der Waals surface area contributed by atoms with E-state index >= 15 is 0 Å². The summed E-state index contributed by atoms with van der Waals surface area (Å²) in [6.07, 6.45) is 5.59. The lowest BCUT2D eigenvalue weighted by Crippen LogP contribution is -2.19. The fraction of sp³-hybridized carbons (Fsp3) is 0.438. The second-order valence-corrected chi connectivity index (χ2v) is 5.11. The maximum Gasteiger partial charge on any atom is 0.0702 e. The lowest BCUT2D eigenvalue weighted by molar-refractivity contribution is 0.423. The highest BCUT2D eigenvalue weighted by Crippen LogP contribution is 2.25. The van der Waals surface area contributed by atoms with Crippen molar-refractivity contribution < 1.29 is 0 Å². The maximum absolute atomic E-state index is 6.33. The molecule has 2 N–H and O–H groups in total. The van der Waals surface area contributed by atoms with Gasteiger partial charge in [0, 0.05) is 17.6 Å². The summed E-state index contributed by atoms with van der Waals surface area (Å²) < 4.78 is 0. The van der Waals surface area contributed by atoms with Crippen LogP contribution in [0.25, 0.3) is 10.9 Å². The molecular weight excluding hydrogens is 220 g/mol. The summed E-state index contributed by atoms with van der Waals surface area (Å²) in [7, 11) is 0. The molecule has 0 bridgehead atoms. The van der Waals surface area contributed by atoms with E-state index in [9.17, 15) is 0 Å². The lowest BCUT2D eigenvalue weighted by atomic mass is 9.91. The van der Waals surface area contributed by atoms with Crippen LogP contribution in [0.15, 0.2) is 36.5 Å². The molecule has 2 rings (SSSR count). The first kappa shape index (κ1) is 13.0. The van der Waals surface area contributed by atoms with Gasteiger partial charge in [0.15, 0.2) is 0 Å². The average Bonchev–Trinajstić information content (AvgIpc) is 2.43. The normalized spacial score (nSPS) is 14.6. The van der Waals surface area contributed by atoms with Crippen molar-refractivity contribution in [3.8, 4) is 0 Å². The van der Waals surface area contributed by atoms with Gasteiger partial charge in [-0.15, -0.1) is 0 Å². The molecule has 0 saturated heterocycles. The van der Waals surface area contributed by atoms with Gasteiger partial charge in [-0.2, -0.15) is 0 Å². The number of aromatic nitrogens is 1. The zero-order chi connectivity index (χ0) is 13.0. The van der Waals surface area contributed by atoms with Gasteiger partial charge in [0.2, 0.25) is 0 Å². The minimum Gasteiger partial charge on any atom is -0.324 e. The number of hydrogen-bond acceptors (Lipinski definition) is 2. The molecule has 1 heterocycles. The van der Waals surface area contributed by atoms with Crippen LogP contribution < -0.4 is 5.73 Å². The number of unbranched alkanes of at least 4 members (excludes halogenated alkanes) is 1. The van der Waals surface area contributed by atoms with Crippen molar-refractivity contribution in [2.45, 2.75) is 39.2 Å². The van der Waals surface area contributed by atoms with Crippen LogP contribution in [0.3, 0.4) is 0 Å². The van der Waals surface area contributed by atoms with Crippen molar-refractivity contribution in [1.29, 1.82) is 0 Å². The molecule has 0 aliphatic carbocycles. The Morgan fingerprint density at radius 3 is 2.83 bits per heavy atom. The van der Waals surface area contributed by atoms with E-state index in [-0.39, 0.29) is 6.04 Å². The van der Waals surface area contributed by atoms with Crippen LogP contribution in [-0.2, 0) is 0 Å². The number of nitrogens with zero attached hydrogens (tertiary/aromatic N) is 1. The summed E-state index contributed by atoms with van der Waals surface area (Å²) >= 11 is 0. The van der Waals surface area contributed by atoms with Gasteiger partial charge in [-0.25, -0.2) is 0 Å². The van der Waals surface area contributed by atoms with E-state index in [4.69, 9.17) is 5.73 Å². The molecule has 2 unspecified atom stereocenters. The number of para-hydroxylation sites is 1. The van der Waals surface area contributed by atoms with Crippen molar-refractivity contribution in [2.24, 2.45) is 11.7 Å². The van der Waals surface area contributed by atoms with Gasteiger partial charge in [0.25, 0.3) is 0 Å². The van der Waals surface area contributed by atoms with Crippen molar-refractivity contribution in [2.75, 3.05) is 0 Å². The summed E-state index contributed by atoms with van der Waals surface area (Å²) in [6.45, 7) is 4.45. The number of pyridine rings is 1. The highest BCUT2D eigenvalue weighted by molar-refractivity contribution is 5.78. The molecule has 0 saturated carbocycles. The van der Waals surface area contributed by atoms with Gasteiger partial charge in [-0.1, -0.05) is 44.9 Å². The van der Waals surface area contributed by atoms with E-state index in [1.165, 1.54) is 24.6 Å². The molecule has 0 radical (unpaired) electrons. The highest BCUT2D eigenvalue weighted by atomic mass is 14.7. The Hall–Kier alpha value is -1.41. The van der Waals surface area contributed by atoms with Crippen LogP contribution in [0.4, 0.5) is 0 Å². The van der Waals surface area contributed by atoms with E-state index < -0.39 is 0 Å². The van der Waals surface area contributed by atoms with E-state index in [0.29, 0.717) is 5.92 Å². The van der Waals surface area contributed by atoms with Gasteiger partial charge >= 0.3 is 0 Å². The molecule has 0 fully saturated rings. The molecule has 96 valence electrons. The Bertz CT molecular complexity index is 507. The van der Waals surface area contributed by atoms with E-state index in [2.05, 4.69) is 31.0 Å². The average molecular weight is 242 g/mol. The van der Waals surface area contributed by atoms with Crippen LogP contribution in [0, 0.1) is 5.92 Å². The van der Waals surface area contributed by atoms with E-state index in [1.807, 2.05) is 24.4 Å². The number of fused-ring (bicyclic) bond motifs is 1. The Kier molecular flexibility index (Phi) is 4.32. The zero-order valence-electron chi connectivity index (χ0n) is 11.3. The molecule has 2 nitrogen and oxygen atoms in total. The van der Waals surface area contributed by atoms with Crippen LogP contribution in [-0.4, -0.2) is 4.98 Å². The molecule has 2 atom stereocenters. The summed E-state index contributed by atoms with van der Waals surface area (Å²) in [5.41, 5.74) is 8.52. The Morgan fingerprint density at radius 1 is 1.28 bits per heavy atom. The molecule has 18 heavy (non-hydrogen) atoms. The monoisotopic (exact) mass is 242 g/mol. The summed E-state index contributed by atoms with van der Waals surface area (Å²) in [5, 5.41) is 1.17. The van der Waals surface area contributed by atoms with Gasteiger partial charge in [0.05, 0.1) is 5.52 Å². The largest absolute Gasteiger partial charge is 0.324 e. The van der Waals surface area contributed by atoms with E-state index in [1.54, 1.807) is 0 Å². The minimum absolute atomic E-state index is 0.0913. The highest BCUT2D eigenvalue weighted by Gasteiger charge is 2.15. The number of nitrogens with two attached hydrogens (primary N) is 1. The van der Waals surface area contributed by atoms with Crippen molar-refractivity contribution in [1.82, 2.24) is 4.98 Å². The van der Waals surface area contributed by atoms with Gasteiger partial charge in [-0.3, -0.25) is 4.98 Å². The third kappa shape index (κ3) is 2.88. The summed E-state index contributed by atoms with van der Waals surface area (Å²) in [4.78, 5) is 4.48. The topological polar surface area (TPSA) is 38.9 Å². The van der Waals surface area contributed by atoms with Crippen LogP contribution in [0.5, 0.6) is 0 Å². The fourth-order valence-corrected chi connectivity index (χ4v) is 2.30. The SMILES string of the molecule is CCCCC(C)C(N)c1cnc2ccccc2c1. The quantitative estimate of drug-likeness (QED) is 0.858. The Balaban J connectivity index is 2.19. The van der Waals surface area contributed by atoms with Crippen molar-refractivity contribution >= 4 is 10.9 Å². The molecule has 0 amide bonds. The number of hydrogen-bond donors (Lipinski definition) is 1. The van der Waals surface area contributed by atoms with Crippen LogP contribution in [0.1, 0.15) is 44.7 Å². The van der Waals surface area contributed by atoms with Crippen molar-refractivity contribution in [3.05, 3.63) is 42.1 Å². The molecule has 1 aromatic carbocycles. The van der Waals surface area contributed by atoms with Crippen LogP contribution >= 0.6 is 0 Å². The predicted octanol–water partition coefficient (Wildman–Crippen LogP) is 4.06. The lowest BCUT2D eigenvalue weighted by Gasteiger charge is -2.20. The Labute approximate surface area is 109 Å². The zero-order valence-corrected chi connectivity index (χ0v) is 11.3. The maximum atomic E-state index is 6.33.